The van der Waals surface area contributed by atoms with E-state index < -0.39 is 18.1 Å². The van der Waals surface area contributed by atoms with Gasteiger partial charge in [-0.25, -0.2) is 9.59 Å². The molecule has 9 nitrogen and oxygen atoms in total. The van der Waals surface area contributed by atoms with Crippen molar-refractivity contribution in [1.29, 1.82) is 0 Å². The number of rotatable bonds is 9. The summed E-state index contributed by atoms with van der Waals surface area (Å²) in [5.41, 5.74) is 0.735. The lowest BCUT2D eigenvalue weighted by atomic mass is 10.00. The van der Waals surface area contributed by atoms with Crippen LogP contribution >= 0.6 is 0 Å². The van der Waals surface area contributed by atoms with Crippen molar-refractivity contribution in [2.75, 3.05) is 6.61 Å². The molecule has 0 bridgehead atoms. The lowest BCUT2D eigenvalue weighted by Crippen LogP contribution is -2.46. The first kappa shape index (κ1) is 19.8. The Bertz CT molecular complexity index is 550. The Kier molecular flexibility index (Phi) is 8.13. The van der Waals surface area contributed by atoms with E-state index in [-0.39, 0.29) is 23.7 Å². The Morgan fingerprint density at radius 3 is 2.62 bits per heavy atom. The maximum absolute atomic E-state index is 11.9. The second-order valence-corrected chi connectivity index (χ2v) is 5.22. The lowest BCUT2D eigenvalue weighted by molar-refractivity contribution is -0.492. The van der Waals surface area contributed by atoms with Gasteiger partial charge in [-0.1, -0.05) is 32.4 Å². The fraction of sp³-hybridized carbons (Fsp3) is 0.467. The summed E-state index contributed by atoms with van der Waals surface area (Å²) in [5, 5.41) is 28.0. The van der Waals surface area contributed by atoms with Crippen LogP contribution in [0.25, 0.3) is 0 Å². The van der Waals surface area contributed by atoms with Crippen LogP contribution in [0.15, 0.2) is 24.3 Å². The summed E-state index contributed by atoms with van der Waals surface area (Å²) in [6.45, 7) is 3.57. The zero-order chi connectivity index (χ0) is 18.1. The van der Waals surface area contributed by atoms with Crippen LogP contribution in [0.2, 0.25) is 0 Å². The third-order valence-corrected chi connectivity index (χ3v) is 3.46. The molecule has 2 atom stereocenters. The van der Waals surface area contributed by atoms with Crippen LogP contribution in [0.1, 0.15) is 25.8 Å². The van der Waals surface area contributed by atoms with Crippen molar-refractivity contribution in [2.24, 2.45) is 5.92 Å². The molecule has 0 aliphatic heterocycles. The van der Waals surface area contributed by atoms with E-state index in [1.807, 2.05) is 6.92 Å². The van der Waals surface area contributed by atoms with Crippen molar-refractivity contribution in [3.63, 3.8) is 0 Å². The number of nitrogens with zero attached hydrogens (tertiary/aromatic N) is 1. The summed E-state index contributed by atoms with van der Waals surface area (Å²) >= 11 is 0. The molecule has 0 saturated heterocycles. The molecular weight excluding hydrogens is 320 g/mol. The predicted molar refractivity (Wildman–Crippen MR) is 81.5 cm³/mol. The number of carbonyl (C=O) groups excluding carboxylic acids is 1. The summed E-state index contributed by atoms with van der Waals surface area (Å²) in [6, 6.07) is 5.48. The average molecular weight is 342 g/mol. The normalized spacial score (nSPS) is 13.4. The number of hydrogen-bond donors (Lipinski definition) is 4. The fourth-order valence-corrected chi connectivity index (χ4v) is 1.96. The minimum absolute atomic E-state index is 0.0117. The lowest BCUT2D eigenvalue weighted by Gasteiger charge is -2.19. The van der Waals surface area contributed by atoms with Crippen LogP contribution in [0.3, 0.4) is 0 Å². The first-order valence-corrected chi connectivity index (χ1v) is 7.44. The van der Waals surface area contributed by atoms with E-state index in [0.717, 1.165) is 5.56 Å². The molecule has 1 amide bonds. The summed E-state index contributed by atoms with van der Waals surface area (Å²) in [4.78, 5) is 27.5. The summed E-state index contributed by atoms with van der Waals surface area (Å²) in [7, 11) is 0. The number of benzene rings is 1. The van der Waals surface area contributed by atoms with E-state index >= 15 is 0 Å². The van der Waals surface area contributed by atoms with Gasteiger partial charge in [-0.05, 0) is 30.0 Å². The van der Waals surface area contributed by atoms with Gasteiger partial charge < -0.3 is 15.2 Å². The van der Waals surface area contributed by atoms with Crippen LogP contribution in [0.5, 0.6) is 5.75 Å². The predicted octanol–water partition coefficient (Wildman–Crippen LogP) is 1.83. The Morgan fingerprint density at radius 1 is 1.33 bits per heavy atom. The van der Waals surface area contributed by atoms with Gasteiger partial charge >= 0.3 is 12.1 Å². The van der Waals surface area contributed by atoms with E-state index in [1.54, 1.807) is 31.2 Å². The highest BCUT2D eigenvalue weighted by molar-refractivity contribution is 5.81. The molecule has 0 fully saturated rings. The average Bonchev–Trinajstić information content (AvgIpc) is 2.51. The highest BCUT2D eigenvalue weighted by Gasteiger charge is 2.26. The number of hydrogen-bond acceptors (Lipinski definition) is 7. The summed E-state index contributed by atoms with van der Waals surface area (Å²) in [5.74, 6) is -1.12. The van der Waals surface area contributed by atoms with Crippen LogP contribution in [-0.4, -0.2) is 45.6 Å². The molecule has 0 heterocycles. The van der Waals surface area contributed by atoms with Gasteiger partial charge in [-0.15, -0.1) is 0 Å². The van der Waals surface area contributed by atoms with Crippen LogP contribution in [0, 0.1) is 5.92 Å². The molecule has 0 saturated carbocycles. The van der Waals surface area contributed by atoms with Gasteiger partial charge in [0.15, 0.2) is 0 Å². The minimum Gasteiger partial charge on any atom is -0.480 e. The molecule has 0 radical (unpaired) electrons. The van der Waals surface area contributed by atoms with Crippen molar-refractivity contribution < 1.29 is 34.7 Å². The first-order valence-electron chi connectivity index (χ1n) is 7.44. The molecule has 1 aromatic rings. The molecule has 0 aromatic heterocycles. The molecule has 9 heteroatoms. The van der Waals surface area contributed by atoms with E-state index in [0.29, 0.717) is 12.8 Å². The van der Waals surface area contributed by atoms with Gasteiger partial charge in [0, 0.05) is 0 Å². The highest BCUT2D eigenvalue weighted by Crippen LogP contribution is 2.15. The third-order valence-electron chi connectivity index (χ3n) is 3.46. The topological polar surface area (TPSA) is 129 Å². The third kappa shape index (κ3) is 6.92. The van der Waals surface area contributed by atoms with Gasteiger partial charge in [0.1, 0.15) is 11.8 Å². The molecule has 4 N–H and O–H groups in total. The van der Waals surface area contributed by atoms with Crippen molar-refractivity contribution in [3.05, 3.63) is 29.8 Å². The second kappa shape index (κ2) is 9.83. The largest absolute Gasteiger partial charge is 0.480 e. The number of aliphatic carboxylic acids is 1. The number of nitrogens with one attached hydrogen (secondary N) is 1. The Morgan fingerprint density at radius 2 is 2.04 bits per heavy atom. The number of carbonyl (C=O) groups is 2. The van der Waals surface area contributed by atoms with Gasteiger partial charge in [-0.2, -0.15) is 0 Å². The van der Waals surface area contributed by atoms with E-state index in [9.17, 15) is 9.59 Å². The number of carboxylic acids is 1. The Labute approximate surface area is 139 Å². The fourth-order valence-electron chi connectivity index (χ4n) is 1.96. The first-order chi connectivity index (χ1) is 11.3. The molecule has 0 aliphatic carbocycles. The van der Waals surface area contributed by atoms with Crippen molar-refractivity contribution in [2.45, 2.75) is 32.7 Å². The van der Waals surface area contributed by atoms with Crippen LogP contribution < -0.4 is 10.1 Å². The highest BCUT2D eigenvalue weighted by atomic mass is 17.1. The van der Waals surface area contributed by atoms with Crippen molar-refractivity contribution in [1.82, 2.24) is 10.7 Å². The molecule has 1 rings (SSSR count). The van der Waals surface area contributed by atoms with E-state index in [4.69, 9.17) is 20.3 Å². The summed E-state index contributed by atoms with van der Waals surface area (Å²) in [6.07, 6.45) is 0.0913. The van der Waals surface area contributed by atoms with E-state index in [1.165, 1.54) is 0 Å². The minimum atomic E-state index is -1.12. The molecule has 134 valence electrons. The van der Waals surface area contributed by atoms with Crippen molar-refractivity contribution in [3.8, 4) is 5.75 Å². The van der Waals surface area contributed by atoms with Gasteiger partial charge in [0.25, 0.3) is 0 Å². The van der Waals surface area contributed by atoms with Gasteiger partial charge in [0.2, 0.25) is 0 Å². The number of amides is 1. The van der Waals surface area contributed by atoms with E-state index in [2.05, 4.69) is 10.2 Å². The maximum atomic E-state index is 11.9. The SMILES string of the molecule is CCC(C)C(NC(=O)Oc1cccc(CCON(O)O)c1)C(=O)O. The monoisotopic (exact) mass is 342 g/mol. The molecule has 0 spiro atoms. The molecular formula is C15H22N2O7. The maximum Gasteiger partial charge on any atom is 0.413 e. The summed E-state index contributed by atoms with van der Waals surface area (Å²) < 4.78 is 5.09. The van der Waals surface area contributed by atoms with Crippen molar-refractivity contribution >= 4 is 12.1 Å². The van der Waals surface area contributed by atoms with Crippen LogP contribution in [-0.2, 0) is 16.1 Å². The zero-order valence-corrected chi connectivity index (χ0v) is 13.5. The standard InChI is InChI=1S/C15H22N2O7/c1-3-10(2)13(14(18)19)16-15(20)24-12-6-4-5-11(9-12)7-8-23-17(21)22/h4-6,9-10,13,21-22H,3,7-8H2,1-2H3,(H,16,20)(H,18,19). The van der Waals surface area contributed by atoms with Gasteiger partial charge in [0.05, 0.1) is 12.0 Å². The number of ether oxygens (including phenoxy) is 1. The molecule has 1 aromatic carbocycles. The quantitative estimate of drug-likeness (QED) is 0.500. The molecule has 0 aliphatic rings. The number of carboxylic acid groups (broad SMARTS) is 1. The molecule has 24 heavy (non-hydrogen) atoms. The molecule has 2 unspecified atom stereocenters. The smallest absolute Gasteiger partial charge is 0.413 e. The second-order valence-electron chi connectivity index (χ2n) is 5.22. The van der Waals surface area contributed by atoms with Crippen LogP contribution in [0.4, 0.5) is 4.79 Å². The Balaban J connectivity index is 2.61. The van der Waals surface area contributed by atoms with Gasteiger partial charge in [-0.3, -0.25) is 15.3 Å². The zero-order valence-electron chi connectivity index (χ0n) is 13.5. The Hall–Kier alpha value is -2.20.